The highest BCUT2D eigenvalue weighted by molar-refractivity contribution is 8.00. The van der Waals surface area contributed by atoms with Crippen LogP contribution in [0, 0.1) is 0 Å². The zero-order chi connectivity index (χ0) is 19.1. The molecular weight excluding hydrogens is 386 g/mol. The zero-order valence-electron chi connectivity index (χ0n) is 15.4. The second kappa shape index (κ2) is 10.3. The molecule has 1 aromatic carbocycles. The van der Waals surface area contributed by atoms with Gasteiger partial charge in [0.05, 0.1) is 24.7 Å². The number of hydrogen-bond donors (Lipinski definition) is 0. The third-order valence-corrected chi connectivity index (χ3v) is 6.01. The molecule has 0 saturated carbocycles. The highest BCUT2D eigenvalue weighted by atomic mass is 35.5. The van der Waals surface area contributed by atoms with Crippen molar-refractivity contribution < 1.29 is 14.3 Å². The number of halogens is 1. The summed E-state index contributed by atoms with van der Waals surface area (Å²) in [7, 11) is 0. The smallest absolute Gasteiger partial charge is 0.232 e. The van der Waals surface area contributed by atoms with Gasteiger partial charge in [0, 0.05) is 50.8 Å². The zero-order valence-corrected chi connectivity index (χ0v) is 17.0. The number of ether oxygens (including phenoxy) is 1. The van der Waals surface area contributed by atoms with Gasteiger partial charge in [-0.05, 0) is 17.7 Å². The van der Waals surface area contributed by atoms with Crippen molar-refractivity contribution in [2.75, 3.05) is 64.0 Å². The average Bonchev–Trinajstić information content (AvgIpc) is 2.71. The standard InChI is InChI=1S/C19H26ClN3O3S/c20-17-3-1-16(2-4-17)13-21-5-7-22(8-6-21)18(24)14-27-15-19(25)23-9-11-26-12-10-23/h1-4H,5-15H2. The van der Waals surface area contributed by atoms with Crippen molar-refractivity contribution in [2.24, 2.45) is 0 Å². The third kappa shape index (κ3) is 6.38. The molecule has 2 heterocycles. The Kier molecular flexibility index (Phi) is 7.81. The van der Waals surface area contributed by atoms with Crippen molar-refractivity contribution in [3.8, 4) is 0 Å². The highest BCUT2D eigenvalue weighted by Gasteiger charge is 2.22. The van der Waals surface area contributed by atoms with Gasteiger partial charge in [-0.15, -0.1) is 11.8 Å². The summed E-state index contributed by atoms with van der Waals surface area (Å²) in [4.78, 5) is 30.6. The Morgan fingerprint density at radius 2 is 1.44 bits per heavy atom. The molecule has 6 nitrogen and oxygen atoms in total. The Labute approximate surface area is 169 Å². The molecule has 0 aromatic heterocycles. The predicted molar refractivity (Wildman–Crippen MR) is 108 cm³/mol. The first-order chi connectivity index (χ1) is 13.1. The maximum Gasteiger partial charge on any atom is 0.232 e. The fraction of sp³-hybridized carbons (Fsp3) is 0.579. The molecule has 0 atom stereocenters. The van der Waals surface area contributed by atoms with E-state index in [1.54, 1.807) is 0 Å². The van der Waals surface area contributed by atoms with Crippen molar-refractivity contribution in [3.63, 3.8) is 0 Å². The molecule has 0 spiro atoms. The van der Waals surface area contributed by atoms with Gasteiger partial charge in [0.2, 0.25) is 11.8 Å². The summed E-state index contributed by atoms with van der Waals surface area (Å²) >= 11 is 7.34. The van der Waals surface area contributed by atoms with Crippen LogP contribution in [0.4, 0.5) is 0 Å². The van der Waals surface area contributed by atoms with E-state index in [9.17, 15) is 9.59 Å². The Hall–Kier alpha value is -1.28. The summed E-state index contributed by atoms with van der Waals surface area (Å²) < 4.78 is 5.25. The number of carbonyl (C=O) groups is 2. The van der Waals surface area contributed by atoms with Gasteiger partial charge in [-0.2, -0.15) is 0 Å². The van der Waals surface area contributed by atoms with Gasteiger partial charge in [0.15, 0.2) is 0 Å². The molecule has 2 saturated heterocycles. The van der Waals surface area contributed by atoms with Gasteiger partial charge < -0.3 is 14.5 Å². The van der Waals surface area contributed by atoms with Gasteiger partial charge in [0.1, 0.15) is 0 Å². The summed E-state index contributed by atoms with van der Waals surface area (Å²) in [6.45, 7) is 6.62. The lowest BCUT2D eigenvalue weighted by Crippen LogP contribution is -2.49. The minimum absolute atomic E-state index is 0.101. The van der Waals surface area contributed by atoms with E-state index in [1.165, 1.54) is 17.3 Å². The lowest BCUT2D eigenvalue weighted by molar-refractivity contribution is -0.132. The van der Waals surface area contributed by atoms with Crippen LogP contribution in [0.5, 0.6) is 0 Å². The molecule has 2 fully saturated rings. The molecule has 27 heavy (non-hydrogen) atoms. The number of rotatable bonds is 6. The summed E-state index contributed by atoms with van der Waals surface area (Å²) in [6.07, 6.45) is 0. The second-order valence-corrected chi connectivity index (χ2v) is 8.19. The Bertz CT molecular complexity index is 630. The number of thioether (sulfide) groups is 1. The fourth-order valence-corrected chi connectivity index (χ4v) is 4.17. The van der Waals surface area contributed by atoms with E-state index in [2.05, 4.69) is 4.90 Å². The number of amides is 2. The topological polar surface area (TPSA) is 53.1 Å². The van der Waals surface area contributed by atoms with E-state index in [0.717, 1.165) is 37.7 Å². The maximum absolute atomic E-state index is 12.4. The molecule has 1 aromatic rings. The number of carbonyl (C=O) groups excluding carboxylic acids is 2. The SMILES string of the molecule is O=C(CSCC(=O)N1CCN(Cc2ccc(Cl)cc2)CC1)N1CCOCC1. The number of benzene rings is 1. The number of hydrogen-bond acceptors (Lipinski definition) is 5. The normalized spacial score (nSPS) is 18.6. The number of morpholine rings is 1. The van der Waals surface area contributed by atoms with Crippen molar-refractivity contribution in [3.05, 3.63) is 34.9 Å². The summed E-state index contributed by atoms with van der Waals surface area (Å²) in [5.41, 5.74) is 1.23. The number of piperazine rings is 1. The minimum atomic E-state index is 0.101. The van der Waals surface area contributed by atoms with Crippen molar-refractivity contribution in [2.45, 2.75) is 6.54 Å². The van der Waals surface area contributed by atoms with Crippen LogP contribution in [0.1, 0.15) is 5.56 Å². The lowest BCUT2D eigenvalue weighted by Gasteiger charge is -2.34. The first-order valence-electron chi connectivity index (χ1n) is 9.29. The first kappa shape index (κ1) is 20.5. The van der Waals surface area contributed by atoms with E-state index in [0.29, 0.717) is 37.8 Å². The quantitative estimate of drug-likeness (QED) is 0.711. The van der Waals surface area contributed by atoms with E-state index >= 15 is 0 Å². The molecule has 3 rings (SSSR count). The molecule has 0 bridgehead atoms. The van der Waals surface area contributed by atoms with Gasteiger partial charge in [0.25, 0.3) is 0 Å². The Morgan fingerprint density at radius 3 is 2.04 bits per heavy atom. The van der Waals surface area contributed by atoms with E-state index < -0.39 is 0 Å². The fourth-order valence-electron chi connectivity index (χ4n) is 3.22. The molecule has 0 unspecified atom stereocenters. The van der Waals surface area contributed by atoms with Crippen LogP contribution in [-0.4, -0.2) is 90.5 Å². The monoisotopic (exact) mass is 411 g/mol. The summed E-state index contributed by atoms with van der Waals surface area (Å²) in [5, 5.41) is 0.749. The van der Waals surface area contributed by atoms with Crippen LogP contribution in [0.3, 0.4) is 0 Å². The van der Waals surface area contributed by atoms with Crippen molar-refractivity contribution >= 4 is 35.2 Å². The van der Waals surface area contributed by atoms with Crippen LogP contribution in [0.15, 0.2) is 24.3 Å². The second-order valence-electron chi connectivity index (χ2n) is 6.77. The number of nitrogens with zero attached hydrogens (tertiary/aromatic N) is 3. The van der Waals surface area contributed by atoms with Gasteiger partial charge in [-0.25, -0.2) is 0 Å². The van der Waals surface area contributed by atoms with Gasteiger partial charge in [-0.3, -0.25) is 14.5 Å². The maximum atomic E-state index is 12.4. The molecule has 2 aliphatic rings. The van der Waals surface area contributed by atoms with Crippen LogP contribution in [-0.2, 0) is 20.9 Å². The molecule has 8 heteroatoms. The highest BCUT2D eigenvalue weighted by Crippen LogP contribution is 2.14. The molecule has 2 amide bonds. The van der Waals surface area contributed by atoms with Crippen LogP contribution in [0.25, 0.3) is 0 Å². The molecule has 0 N–H and O–H groups in total. The largest absolute Gasteiger partial charge is 0.378 e. The van der Waals surface area contributed by atoms with Crippen LogP contribution < -0.4 is 0 Å². The van der Waals surface area contributed by atoms with Crippen LogP contribution in [0.2, 0.25) is 5.02 Å². The Morgan fingerprint density at radius 1 is 0.889 bits per heavy atom. The van der Waals surface area contributed by atoms with E-state index in [1.807, 2.05) is 34.1 Å². The third-order valence-electron chi connectivity index (χ3n) is 4.86. The van der Waals surface area contributed by atoms with Crippen molar-refractivity contribution in [1.82, 2.24) is 14.7 Å². The van der Waals surface area contributed by atoms with Crippen LogP contribution >= 0.6 is 23.4 Å². The predicted octanol–water partition coefficient (Wildman–Crippen LogP) is 1.58. The average molecular weight is 412 g/mol. The van der Waals surface area contributed by atoms with Gasteiger partial charge in [-0.1, -0.05) is 23.7 Å². The summed E-state index contributed by atoms with van der Waals surface area (Å²) in [6, 6.07) is 7.90. The van der Waals surface area contributed by atoms with Crippen molar-refractivity contribution in [1.29, 1.82) is 0 Å². The minimum Gasteiger partial charge on any atom is -0.378 e. The molecule has 0 aliphatic carbocycles. The molecule has 0 radical (unpaired) electrons. The van der Waals surface area contributed by atoms with Gasteiger partial charge >= 0.3 is 0 Å². The van der Waals surface area contributed by atoms with E-state index in [4.69, 9.17) is 16.3 Å². The lowest BCUT2D eigenvalue weighted by atomic mass is 10.2. The Balaban J connectivity index is 1.33. The van der Waals surface area contributed by atoms with E-state index in [-0.39, 0.29) is 11.8 Å². The molecule has 2 aliphatic heterocycles. The molecule has 148 valence electrons. The summed E-state index contributed by atoms with van der Waals surface area (Å²) in [5.74, 6) is 0.958. The molecular formula is C19H26ClN3O3S. The first-order valence-corrected chi connectivity index (χ1v) is 10.8.